The van der Waals surface area contributed by atoms with Gasteiger partial charge in [-0.15, -0.1) is 0 Å². The predicted octanol–water partition coefficient (Wildman–Crippen LogP) is 5.54. The standard InChI is InChI=1S/C27H24GeN3/c1-16-12-18(15-29)24-20-8-6-7-9-21(20)31-22-14-19(28(2,3)4)13-17-10-11-30(5)26(25(17)22)23(16)27(24)31/h6-14H,1-5H3/q+1. The molecular formula is C27H24GeN3+. The third kappa shape index (κ3) is 2.31. The Hall–Kier alpha value is -3.10. The van der Waals surface area contributed by atoms with E-state index in [4.69, 9.17) is 0 Å². The number of nitrogens with zero attached hydrogens (tertiary/aromatic N) is 3. The van der Waals surface area contributed by atoms with Gasteiger partial charge in [0.25, 0.3) is 0 Å². The molecule has 0 bridgehead atoms. The molecule has 0 spiro atoms. The summed E-state index contributed by atoms with van der Waals surface area (Å²) < 4.78 is 6.18. The summed E-state index contributed by atoms with van der Waals surface area (Å²) in [5.74, 6) is 7.36. The number of para-hydroxylation sites is 1. The fourth-order valence-corrected chi connectivity index (χ4v) is 7.76. The molecule has 0 radical (unpaired) electrons. The van der Waals surface area contributed by atoms with E-state index in [0.29, 0.717) is 0 Å². The summed E-state index contributed by atoms with van der Waals surface area (Å²) in [5.41, 5.74) is 6.77. The van der Waals surface area contributed by atoms with Crippen molar-refractivity contribution in [2.45, 2.75) is 24.2 Å². The van der Waals surface area contributed by atoms with Crippen molar-refractivity contribution in [2.24, 2.45) is 7.05 Å². The number of hydrogen-bond acceptors (Lipinski definition) is 1. The third-order valence-corrected chi connectivity index (χ3v) is 11.1. The van der Waals surface area contributed by atoms with Crippen LogP contribution in [0.15, 0.2) is 54.7 Å². The van der Waals surface area contributed by atoms with Crippen molar-refractivity contribution in [2.75, 3.05) is 0 Å². The zero-order chi connectivity index (χ0) is 21.7. The van der Waals surface area contributed by atoms with E-state index in [9.17, 15) is 5.26 Å². The Labute approximate surface area is 183 Å². The van der Waals surface area contributed by atoms with Gasteiger partial charge in [0.15, 0.2) is 0 Å². The second-order valence-electron chi connectivity index (χ2n) is 9.79. The molecule has 0 saturated heterocycles. The van der Waals surface area contributed by atoms with Crippen molar-refractivity contribution in [1.29, 1.82) is 5.26 Å². The van der Waals surface area contributed by atoms with Crippen molar-refractivity contribution in [3.63, 3.8) is 0 Å². The van der Waals surface area contributed by atoms with Crippen LogP contribution in [0.3, 0.4) is 0 Å². The number of rotatable bonds is 1. The van der Waals surface area contributed by atoms with Gasteiger partial charge in [0, 0.05) is 0 Å². The van der Waals surface area contributed by atoms with Gasteiger partial charge in [-0.05, 0) is 0 Å². The molecule has 6 rings (SSSR count). The number of pyridine rings is 2. The van der Waals surface area contributed by atoms with Crippen LogP contribution in [0.2, 0.25) is 17.3 Å². The van der Waals surface area contributed by atoms with Crippen LogP contribution in [-0.2, 0) is 7.05 Å². The summed E-state index contributed by atoms with van der Waals surface area (Å²) in [6, 6.07) is 20.2. The van der Waals surface area contributed by atoms with Gasteiger partial charge in [0.05, 0.1) is 0 Å². The van der Waals surface area contributed by atoms with E-state index in [1.54, 1.807) is 0 Å². The first-order chi connectivity index (χ1) is 14.8. The summed E-state index contributed by atoms with van der Waals surface area (Å²) in [6.07, 6.45) is 2.18. The minimum atomic E-state index is -2.08. The monoisotopic (exact) mass is 464 g/mol. The summed E-state index contributed by atoms with van der Waals surface area (Å²) in [4.78, 5) is 0. The Balaban J connectivity index is 2.09. The Bertz CT molecular complexity index is 1740. The molecule has 4 heteroatoms. The molecule has 0 fully saturated rings. The van der Waals surface area contributed by atoms with Gasteiger partial charge in [-0.3, -0.25) is 0 Å². The quantitative estimate of drug-likeness (QED) is 0.137. The molecule has 0 aliphatic rings. The molecule has 0 atom stereocenters. The van der Waals surface area contributed by atoms with Crippen LogP contribution in [-0.4, -0.2) is 17.7 Å². The van der Waals surface area contributed by atoms with E-state index < -0.39 is 13.3 Å². The normalized spacial score (nSPS) is 12.6. The van der Waals surface area contributed by atoms with Gasteiger partial charge in [0.2, 0.25) is 0 Å². The van der Waals surface area contributed by atoms with Crippen LogP contribution in [0.1, 0.15) is 11.1 Å². The molecule has 150 valence electrons. The molecule has 0 saturated carbocycles. The van der Waals surface area contributed by atoms with E-state index in [2.05, 4.69) is 101 Å². The zero-order valence-corrected chi connectivity index (χ0v) is 20.6. The second kappa shape index (κ2) is 5.99. The van der Waals surface area contributed by atoms with Crippen LogP contribution >= 0.6 is 0 Å². The maximum atomic E-state index is 10.0. The Morgan fingerprint density at radius 1 is 0.935 bits per heavy atom. The number of aromatic nitrogens is 2. The minimum absolute atomic E-state index is 0.758. The molecule has 3 aromatic heterocycles. The van der Waals surface area contributed by atoms with Crippen LogP contribution < -0.4 is 8.96 Å². The van der Waals surface area contributed by atoms with Gasteiger partial charge in [-0.25, -0.2) is 0 Å². The van der Waals surface area contributed by atoms with Gasteiger partial charge in [-0.1, -0.05) is 0 Å². The molecule has 3 heterocycles. The molecule has 0 amide bonds. The summed E-state index contributed by atoms with van der Waals surface area (Å²) >= 11 is -2.08. The van der Waals surface area contributed by atoms with E-state index >= 15 is 0 Å². The van der Waals surface area contributed by atoms with E-state index in [1.165, 1.54) is 42.6 Å². The Morgan fingerprint density at radius 3 is 2.45 bits per heavy atom. The fourth-order valence-electron chi connectivity index (χ4n) is 5.33. The average molecular weight is 463 g/mol. The molecular weight excluding hydrogens is 439 g/mol. The first-order valence-electron chi connectivity index (χ1n) is 10.8. The summed E-state index contributed by atoms with van der Waals surface area (Å²) in [5, 5.41) is 16.1. The van der Waals surface area contributed by atoms with Gasteiger partial charge in [0.1, 0.15) is 0 Å². The van der Waals surface area contributed by atoms with E-state index in [-0.39, 0.29) is 0 Å². The second-order valence-corrected chi connectivity index (χ2v) is 20.4. The SMILES string of the molecule is Cc1cc(C#N)c2c3ccccc3n3c4c[c]([Ge]([CH3])([CH3])[CH3])cc5cc[n+](C)c(c1c23)c54. The summed E-state index contributed by atoms with van der Waals surface area (Å²) in [7, 11) is 2.13. The first kappa shape index (κ1) is 18.7. The molecule has 0 unspecified atom stereocenters. The number of hydrogen-bond donors (Lipinski definition) is 0. The van der Waals surface area contributed by atoms with Crippen LogP contribution in [0.5, 0.6) is 0 Å². The van der Waals surface area contributed by atoms with Crippen molar-refractivity contribution in [3.05, 3.63) is 65.9 Å². The fraction of sp³-hybridized carbons (Fsp3) is 0.185. The number of aryl methyl sites for hydroxylation is 2. The van der Waals surface area contributed by atoms with Crippen LogP contribution in [0.25, 0.3) is 49.0 Å². The predicted molar refractivity (Wildman–Crippen MR) is 132 cm³/mol. The number of fused-ring (bicyclic) bond motifs is 5. The number of benzene rings is 3. The molecule has 0 N–H and O–H groups in total. The molecule has 31 heavy (non-hydrogen) atoms. The zero-order valence-electron chi connectivity index (χ0n) is 18.5. The summed E-state index contributed by atoms with van der Waals surface area (Å²) in [6.45, 7) is 2.14. The van der Waals surface area contributed by atoms with E-state index in [1.807, 2.05) is 0 Å². The van der Waals surface area contributed by atoms with Gasteiger partial charge in [-0.2, -0.15) is 0 Å². The molecule has 0 aliphatic heterocycles. The number of nitriles is 1. The first-order valence-corrected chi connectivity index (χ1v) is 18.1. The van der Waals surface area contributed by atoms with Crippen molar-refractivity contribution in [1.82, 2.24) is 4.40 Å². The van der Waals surface area contributed by atoms with Gasteiger partial charge >= 0.3 is 184 Å². The van der Waals surface area contributed by atoms with Crippen LogP contribution in [0, 0.1) is 18.3 Å². The molecule has 3 aromatic carbocycles. The van der Waals surface area contributed by atoms with Crippen molar-refractivity contribution < 1.29 is 4.57 Å². The maximum absolute atomic E-state index is 10.0. The Kier molecular flexibility index (Phi) is 3.60. The van der Waals surface area contributed by atoms with Crippen molar-refractivity contribution in [3.8, 4) is 6.07 Å². The Morgan fingerprint density at radius 2 is 1.71 bits per heavy atom. The third-order valence-electron chi connectivity index (χ3n) is 6.82. The average Bonchev–Trinajstić information content (AvgIpc) is 3.08. The van der Waals surface area contributed by atoms with Crippen LogP contribution in [0.4, 0.5) is 0 Å². The molecule has 3 nitrogen and oxygen atoms in total. The topological polar surface area (TPSA) is 32.1 Å². The van der Waals surface area contributed by atoms with E-state index in [0.717, 1.165) is 21.9 Å². The van der Waals surface area contributed by atoms with Gasteiger partial charge < -0.3 is 0 Å². The van der Waals surface area contributed by atoms with Crippen molar-refractivity contribution >= 4 is 66.7 Å². The molecule has 6 aromatic rings. The molecule has 0 aliphatic carbocycles.